The number of nitrogens with zero attached hydrogens (tertiary/aromatic N) is 1. The molecule has 72 valence electrons. The molecule has 0 bridgehead atoms. The third kappa shape index (κ3) is 1.82. The van der Waals surface area contributed by atoms with E-state index in [2.05, 4.69) is 4.99 Å². The summed E-state index contributed by atoms with van der Waals surface area (Å²) in [5.41, 5.74) is 1.49. The van der Waals surface area contributed by atoms with Crippen molar-refractivity contribution in [3.05, 3.63) is 23.8 Å². The Bertz CT molecular complexity index is 383. The molecule has 0 aliphatic carbocycles. The van der Waals surface area contributed by atoms with Gasteiger partial charge in [-0.2, -0.15) is 4.99 Å². The zero-order chi connectivity index (χ0) is 9.80. The van der Waals surface area contributed by atoms with Gasteiger partial charge >= 0.3 is 0 Å². The summed E-state index contributed by atoms with van der Waals surface area (Å²) in [4.78, 5) is 13.6. The molecule has 0 aromatic heterocycles. The van der Waals surface area contributed by atoms with Gasteiger partial charge in [-0.3, -0.25) is 0 Å². The number of fused-ring (bicyclic) bond motifs is 1. The first kappa shape index (κ1) is 8.94. The number of carbonyl (C=O) groups excluding carboxylic acids is 1. The molecule has 0 saturated carbocycles. The van der Waals surface area contributed by atoms with Crippen LogP contribution in [0.3, 0.4) is 0 Å². The molecule has 4 heteroatoms. The first-order valence-corrected chi connectivity index (χ1v) is 4.31. The van der Waals surface area contributed by atoms with Crippen molar-refractivity contribution in [2.75, 3.05) is 13.2 Å². The van der Waals surface area contributed by atoms with Gasteiger partial charge in [-0.15, -0.1) is 0 Å². The second kappa shape index (κ2) is 4.05. The van der Waals surface area contributed by atoms with Gasteiger partial charge in [0.25, 0.3) is 0 Å². The van der Waals surface area contributed by atoms with Gasteiger partial charge in [0.15, 0.2) is 0 Å². The summed E-state index contributed by atoms with van der Waals surface area (Å²) < 4.78 is 10.7. The average molecular weight is 191 g/mol. The number of hydrogen-bond donors (Lipinski definition) is 0. The molecule has 0 N–H and O–H groups in total. The van der Waals surface area contributed by atoms with Crippen molar-refractivity contribution >= 4 is 11.8 Å². The third-order valence-corrected chi connectivity index (χ3v) is 1.96. The van der Waals surface area contributed by atoms with Gasteiger partial charge in [-0.1, -0.05) is 0 Å². The van der Waals surface area contributed by atoms with Gasteiger partial charge < -0.3 is 9.47 Å². The van der Waals surface area contributed by atoms with E-state index in [4.69, 9.17) is 9.47 Å². The van der Waals surface area contributed by atoms with Crippen molar-refractivity contribution < 1.29 is 14.3 Å². The molecule has 0 radical (unpaired) electrons. The Morgan fingerprint density at radius 3 is 3.14 bits per heavy atom. The average Bonchev–Trinajstić information content (AvgIpc) is 2.42. The van der Waals surface area contributed by atoms with Gasteiger partial charge in [-0.05, 0) is 18.2 Å². The maximum atomic E-state index is 10.1. The van der Waals surface area contributed by atoms with E-state index in [0.717, 1.165) is 11.3 Å². The van der Waals surface area contributed by atoms with Gasteiger partial charge in [0, 0.05) is 5.56 Å². The summed E-state index contributed by atoms with van der Waals surface area (Å²) in [6.07, 6.45) is 1.50. The summed E-state index contributed by atoms with van der Waals surface area (Å²) in [6, 6.07) is 5.28. The minimum atomic E-state index is 0.498. The number of hydrogen-bond acceptors (Lipinski definition) is 4. The Balaban J connectivity index is 2.36. The molecule has 0 amide bonds. The zero-order valence-corrected chi connectivity index (χ0v) is 7.53. The predicted octanol–water partition coefficient (Wildman–Crippen LogP) is 1.56. The van der Waals surface area contributed by atoms with E-state index in [0.29, 0.717) is 25.5 Å². The van der Waals surface area contributed by atoms with Crippen molar-refractivity contribution in [3.63, 3.8) is 0 Å². The maximum absolute atomic E-state index is 10.1. The highest BCUT2D eigenvalue weighted by molar-refractivity contribution is 5.53. The highest BCUT2D eigenvalue weighted by Crippen LogP contribution is 2.26. The number of rotatable bonds is 1. The fourth-order valence-corrected chi connectivity index (χ4v) is 1.33. The summed E-state index contributed by atoms with van der Waals surface area (Å²) >= 11 is 0. The second-order valence-electron chi connectivity index (χ2n) is 2.90. The SMILES string of the molecule is O=C=Nc1ccc2c(c1)COCCO2. The fourth-order valence-electron chi connectivity index (χ4n) is 1.33. The van der Waals surface area contributed by atoms with Crippen LogP contribution in [0.15, 0.2) is 23.2 Å². The minimum Gasteiger partial charge on any atom is -0.491 e. The standard InChI is InChI=1S/C10H9NO3/c12-7-11-9-1-2-10-8(5-9)6-13-3-4-14-10/h1-2,5H,3-4,6H2. The Labute approximate surface area is 81.2 Å². The van der Waals surface area contributed by atoms with Crippen molar-refractivity contribution in [1.82, 2.24) is 0 Å². The molecule has 2 rings (SSSR count). The van der Waals surface area contributed by atoms with Crippen LogP contribution < -0.4 is 4.74 Å². The normalized spacial score (nSPS) is 14.6. The quantitative estimate of drug-likeness (QED) is 0.500. The smallest absolute Gasteiger partial charge is 0.240 e. The van der Waals surface area contributed by atoms with Crippen LogP contribution in [0.4, 0.5) is 5.69 Å². The lowest BCUT2D eigenvalue weighted by atomic mass is 10.2. The van der Waals surface area contributed by atoms with Gasteiger partial charge in [0.05, 0.1) is 18.9 Å². The highest BCUT2D eigenvalue weighted by Gasteiger charge is 2.09. The molecule has 14 heavy (non-hydrogen) atoms. The van der Waals surface area contributed by atoms with E-state index in [-0.39, 0.29) is 0 Å². The van der Waals surface area contributed by atoms with E-state index in [1.54, 1.807) is 18.2 Å². The summed E-state index contributed by atoms with van der Waals surface area (Å²) in [5.74, 6) is 0.798. The van der Waals surface area contributed by atoms with E-state index < -0.39 is 0 Å². The summed E-state index contributed by atoms with van der Waals surface area (Å²) in [6.45, 7) is 1.64. The van der Waals surface area contributed by atoms with Crippen molar-refractivity contribution in [1.29, 1.82) is 0 Å². The second-order valence-corrected chi connectivity index (χ2v) is 2.90. The third-order valence-electron chi connectivity index (χ3n) is 1.96. The van der Waals surface area contributed by atoms with E-state index in [1.807, 2.05) is 0 Å². The Morgan fingerprint density at radius 1 is 1.36 bits per heavy atom. The molecule has 0 fully saturated rings. The van der Waals surface area contributed by atoms with Gasteiger partial charge in [0.2, 0.25) is 6.08 Å². The maximum Gasteiger partial charge on any atom is 0.240 e. The molecule has 4 nitrogen and oxygen atoms in total. The van der Waals surface area contributed by atoms with Gasteiger partial charge in [-0.25, -0.2) is 4.79 Å². The molecule has 1 aliphatic heterocycles. The molecule has 0 atom stereocenters. The molecule has 0 unspecified atom stereocenters. The minimum absolute atomic E-state index is 0.498. The monoisotopic (exact) mass is 191 g/mol. The molecule has 1 aromatic carbocycles. The summed E-state index contributed by atoms with van der Waals surface area (Å²) in [7, 11) is 0. The van der Waals surface area contributed by atoms with Crippen LogP contribution in [0.25, 0.3) is 0 Å². The lowest BCUT2D eigenvalue weighted by molar-refractivity contribution is 0.107. The topological polar surface area (TPSA) is 47.9 Å². The Hall–Kier alpha value is -1.64. The van der Waals surface area contributed by atoms with Crippen LogP contribution in [0.2, 0.25) is 0 Å². The van der Waals surface area contributed by atoms with Crippen LogP contribution in [0.1, 0.15) is 5.56 Å². The number of aliphatic imine (C=N–C) groups is 1. The molecular weight excluding hydrogens is 182 g/mol. The molecule has 1 heterocycles. The Kier molecular flexibility index (Phi) is 2.58. The predicted molar refractivity (Wildman–Crippen MR) is 49.4 cm³/mol. The summed E-state index contributed by atoms with van der Waals surface area (Å²) in [5, 5.41) is 0. The number of ether oxygens (including phenoxy) is 2. The van der Waals surface area contributed by atoms with Crippen LogP contribution in [-0.2, 0) is 16.1 Å². The van der Waals surface area contributed by atoms with Crippen molar-refractivity contribution in [2.45, 2.75) is 6.61 Å². The van der Waals surface area contributed by atoms with Crippen LogP contribution in [0, 0.1) is 0 Å². The van der Waals surface area contributed by atoms with Crippen LogP contribution in [-0.4, -0.2) is 19.3 Å². The first-order valence-electron chi connectivity index (χ1n) is 4.31. The molecule has 0 saturated heterocycles. The Morgan fingerprint density at radius 2 is 2.29 bits per heavy atom. The lowest BCUT2D eigenvalue weighted by Gasteiger charge is -2.05. The molecule has 1 aliphatic rings. The lowest BCUT2D eigenvalue weighted by Crippen LogP contribution is -2.00. The molecular formula is C10H9NO3. The largest absolute Gasteiger partial charge is 0.491 e. The van der Waals surface area contributed by atoms with E-state index in [1.165, 1.54) is 6.08 Å². The molecule has 1 aromatic rings. The number of isocyanates is 1. The van der Waals surface area contributed by atoms with Crippen LogP contribution in [0.5, 0.6) is 5.75 Å². The number of benzene rings is 1. The highest BCUT2D eigenvalue weighted by atomic mass is 16.5. The van der Waals surface area contributed by atoms with Gasteiger partial charge in [0.1, 0.15) is 12.4 Å². The van der Waals surface area contributed by atoms with Crippen LogP contribution >= 0.6 is 0 Å². The first-order chi connectivity index (χ1) is 6.90. The van der Waals surface area contributed by atoms with E-state index in [9.17, 15) is 4.79 Å². The van der Waals surface area contributed by atoms with Crippen molar-refractivity contribution in [2.24, 2.45) is 4.99 Å². The fraction of sp³-hybridized carbons (Fsp3) is 0.300. The van der Waals surface area contributed by atoms with E-state index >= 15 is 0 Å². The van der Waals surface area contributed by atoms with Crippen molar-refractivity contribution in [3.8, 4) is 5.75 Å². The zero-order valence-electron chi connectivity index (χ0n) is 7.53. The molecule has 0 spiro atoms.